The lowest BCUT2D eigenvalue weighted by Crippen LogP contribution is -2.24. The van der Waals surface area contributed by atoms with Crippen LogP contribution in [0.2, 0.25) is 0 Å². The summed E-state index contributed by atoms with van der Waals surface area (Å²) in [4.78, 5) is 26.0. The number of ether oxygens (including phenoxy) is 1. The topological polar surface area (TPSA) is 78.7 Å². The molecule has 0 saturated carbocycles. The number of nitrogens with zero attached hydrogens (tertiary/aromatic N) is 1. The summed E-state index contributed by atoms with van der Waals surface area (Å²) in [5, 5.41) is 9.35. The maximum Gasteiger partial charge on any atom is 0.306 e. The molecule has 0 aromatic rings. The predicted octanol–water partition coefficient (Wildman–Crippen LogP) is 2.49. The molecule has 0 radical (unpaired) electrons. The van der Waals surface area contributed by atoms with Gasteiger partial charge in [0.1, 0.15) is 11.7 Å². The van der Waals surface area contributed by atoms with Crippen LogP contribution in [0.5, 0.6) is 0 Å². The molecule has 0 fully saturated rings. The summed E-state index contributed by atoms with van der Waals surface area (Å²) in [6.45, 7) is 7.21. The van der Waals surface area contributed by atoms with Crippen LogP contribution < -0.4 is 0 Å². The number of carbonyl (C=O) groups excluding carboxylic acids is 1. The Bertz CT molecular complexity index is 259. The minimum Gasteiger partial charge on any atom is -0.460 e. The zero-order valence-corrected chi connectivity index (χ0v) is 10.9. The van der Waals surface area contributed by atoms with Gasteiger partial charge in [0.05, 0.1) is 0 Å². The monoisotopic (exact) mass is 247 g/mol. The van der Waals surface area contributed by atoms with Gasteiger partial charge in [-0.2, -0.15) is 0 Å². The fourth-order valence-corrected chi connectivity index (χ4v) is 1.32. The van der Waals surface area contributed by atoms with Gasteiger partial charge in [0.25, 0.3) is 5.09 Å². The maximum absolute atomic E-state index is 11.4. The van der Waals surface area contributed by atoms with Gasteiger partial charge in [-0.25, -0.2) is 0 Å². The van der Waals surface area contributed by atoms with Crippen molar-refractivity contribution in [3.05, 3.63) is 10.1 Å². The molecule has 0 aromatic heterocycles. The van der Waals surface area contributed by atoms with E-state index < -0.39 is 16.8 Å². The van der Waals surface area contributed by atoms with Crippen molar-refractivity contribution in [2.45, 2.75) is 65.1 Å². The Balaban J connectivity index is 3.81. The first-order valence-corrected chi connectivity index (χ1v) is 5.77. The van der Waals surface area contributed by atoms with Crippen LogP contribution >= 0.6 is 0 Å². The van der Waals surface area contributed by atoms with Crippen LogP contribution in [0, 0.1) is 10.1 Å². The van der Waals surface area contributed by atoms with Gasteiger partial charge in [-0.3, -0.25) is 4.79 Å². The minimum absolute atomic E-state index is 0.259. The van der Waals surface area contributed by atoms with Crippen molar-refractivity contribution in [1.82, 2.24) is 0 Å². The molecule has 0 rings (SSSR count). The first kappa shape index (κ1) is 15.7. The van der Waals surface area contributed by atoms with Crippen LogP contribution in [0.4, 0.5) is 0 Å². The summed E-state index contributed by atoms with van der Waals surface area (Å²) in [6, 6.07) is 0. The Morgan fingerprint density at radius 2 is 2.00 bits per heavy atom. The van der Waals surface area contributed by atoms with E-state index in [9.17, 15) is 14.9 Å². The van der Waals surface area contributed by atoms with Crippen molar-refractivity contribution in [1.29, 1.82) is 0 Å². The van der Waals surface area contributed by atoms with Crippen molar-refractivity contribution in [3.63, 3.8) is 0 Å². The van der Waals surface area contributed by atoms with E-state index in [4.69, 9.17) is 4.74 Å². The quantitative estimate of drug-likeness (QED) is 0.392. The molecule has 17 heavy (non-hydrogen) atoms. The molecule has 0 unspecified atom stereocenters. The van der Waals surface area contributed by atoms with Crippen molar-refractivity contribution < 1.29 is 19.5 Å². The maximum atomic E-state index is 11.4. The number of esters is 1. The molecule has 0 heterocycles. The van der Waals surface area contributed by atoms with Crippen molar-refractivity contribution in [2.24, 2.45) is 0 Å². The third kappa shape index (κ3) is 9.59. The molecule has 0 bridgehead atoms. The van der Waals surface area contributed by atoms with Gasteiger partial charge >= 0.3 is 5.97 Å². The molecule has 0 saturated heterocycles. The van der Waals surface area contributed by atoms with Gasteiger partial charge in [0, 0.05) is 6.42 Å². The molecule has 0 amide bonds. The molecule has 0 aliphatic heterocycles. The van der Waals surface area contributed by atoms with Gasteiger partial charge in [0.2, 0.25) is 0 Å². The van der Waals surface area contributed by atoms with Crippen LogP contribution in [0.15, 0.2) is 0 Å². The number of hydrogen-bond donors (Lipinski definition) is 0. The summed E-state index contributed by atoms with van der Waals surface area (Å²) in [5.41, 5.74) is -0.488. The summed E-state index contributed by atoms with van der Waals surface area (Å²) in [6.07, 6.45) is 1.38. The minimum atomic E-state index is -0.790. The Hall–Kier alpha value is -1.33. The Morgan fingerprint density at radius 3 is 2.41 bits per heavy atom. The van der Waals surface area contributed by atoms with Gasteiger partial charge in [0.15, 0.2) is 0 Å². The lowest BCUT2D eigenvalue weighted by molar-refractivity contribution is -0.768. The third-order valence-electron chi connectivity index (χ3n) is 2.02. The average Bonchev–Trinajstić information content (AvgIpc) is 2.12. The summed E-state index contributed by atoms with van der Waals surface area (Å²) < 4.78 is 5.12. The van der Waals surface area contributed by atoms with E-state index in [1.165, 1.54) is 0 Å². The zero-order valence-electron chi connectivity index (χ0n) is 10.9. The summed E-state index contributed by atoms with van der Waals surface area (Å²) >= 11 is 0. The van der Waals surface area contributed by atoms with Crippen LogP contribution in [0.3, 0.4) is 0 Å². The van der Waals surface area contributed by atoms with Gasteiger partial charge in [-0.05, 0) is 40.0 Å². The largest absolute Gasteiger partial charge is 0.460 e. The molecule has 0 spiro atoms. The average molecular weight is 247 g/mol. The highest BCUT2D eigenvalue weighted by Gasteiger charge is 2.17. The van der Waals surface area contributed by atoms with Crippen LogP contribution in [-0.4, -0.2) is 22.8 Å². The molecule has 100 valence electrons. The molecule has 0 aliphatic carbocycles. The standard InChI is InChI=1S/C11H21NO5/c1-5-9(17-12(14)15)7-6-8-10(13)16-11(2,3)4/h9H,5-8H2,1-4H3/t9-/m1/s1. The normalized spacial score (nSPS) is 12.9. The lowest BCUT2D eigenvalue weighted by Gasteiger charge is -2.19. The van der Waals surface area contributed by atoms with Crippen LogP contribution in [0.25, 0.3) is 0 Å². The molecule has 0 aliphatic rings. The summed E-state index contributed by atoms with van der Waals surface area (Å²) in [7, 11) is 0. The van der Waals surface area contributed by atoms with Crippen LogP contribution in [0.1, 0.15) is 53.4 Å². The second kappa shape index (κ2) is 7.09. The Kier molecular flexibility index (Phi) is 6.53. The SMILES string of the molecule is CC[C@H](CCCC(=O)OC(C)(C)C)O[N+](=O)[O-]. The lowest BCUT2D eigenvalue weighted by atomic mass is 10.1. The van der Waals surface area contributed by atoms with E-state index in [2.05, 4.69) is 4.84 Å². The Morgan fingerprint density at radius 1 is 1.41 bits per heavy atom. The van der Waals surface area contributed by atoms with Gasteiger partial charge in [-0.1, -0.05) is 6.92 Å². The molecular formula is C11H21NO5. The highest BCUT2D eigenvalue weighted by Crippen LogP contribution is 2.12. The fourth-order valence-electron chi connectivity index (χ4n) is 1.32. The van der Waals surface area contributed by atoms with E-state index in [0.717, 1.165) is 0 Å². The molecule has 1 atom stereocenters. The molecule has 6 heteroatoms. The molecule has 0 N–H and O–H groups in total. The molecule has 6 nitrogen and oxygen atoms in total. The van der Waals surface area contributed by atoms with Crippen LogP contribution in [-0.2, 0) is 14.4 Å². The van der Waals surface area contributed by atoms with E-state index in [-0.39, 0.29) is 12.4 Å². The van der Waals surface area contributed by atoms with Crippen molar-refractivity contribution >= 4 is 5.97 Å². The number of rotatable bonds is 7. The summed E-state index contributed by atoms with van der Waals surface area (Å²) in [5.74, 6) is -0.284. The van der Waals surface area contributed by atoms with E-state index in [1.54, 1.807) is 20.8 Å². The van der Waals surface area contributed by atoms with Gasteiger partial charge in [-0.15, -0.1) is 10.1 Å². The van der Waals surface area contributed by atoms with Gasteiger partial charge < -0.3 is 9.57 Å². The highest BCUT2D eigenvalue weighted by molar-refractivity contribution is 5.69. The zero-order chi connectivity index (χ0) is 13.5. The van der Waals surface area contributed by atoms with Crippen molar-refractivity contribution in [3.8, 4) is 0 Å². The van der Waals surface area contributed by atoms with E-state index in [0.29, 0.717) is 19.3 Å². The second-order valence-corrected chi connectivity index (χ2v) is 4.84. The number of carbonyl (C=O) groups is 1. The van der Waals surface area contributed by atoms with E-state index >= 15 is 0 Å². The second-order valence-electron chi connectivity index (χ2n) is 4.84. The fraction of sp³-hybridized carbons (Fsp3) is 0.909. The highest BCUT2D eigenvalue weighted by atomic mass is 17.0. The first-order chi connectivity index (χ1) is 7.74. The predicted molar refractivity (Wildman–Crippen MR) is 61.9 cm³/mol. The smallest absolute Gasteiger partial charge is 0.306 e. The Labute approximate surface area is 101 Å². The molecule has 0 aromatic carbocycles. The molecular weight excluding hydrogens is 226 g/mol. The van der Waals surface area contributed by atoms with Crippen molar-refractivity contribution in [2.75, 3.05) is 0 Å². The first-order valence-electron chi connectivity index (χ1n) is 5.77. The third-order valence-corrected chi connectivity index (χ3v) is 2.02. The van der Waals surface area contributed by atoms with E-state index in [1.807, 2.05) is 6.92 Å². The number of hydrogen-bond acceptors (Lipinski definition) is 5.